The molecule has 0 radical (unpaired) electrons. The summed E-state index contributed by atoms with van der Waals surface area (Å²) < 4.78 is 0. The Labute approximate surface area is 266 Å². The van der Waals surface area contributed by atoms with Gasteiger partial charge in [-0.15, -0.1) is 33.7 Å². The molecule has 0 N–H and O–H groups in total. The third kappa shape index (κ3) is 6.42. The van der Waals surface area contributed by atoms with Gasteiger partial charge in [0.05, 0.1) is 0 Å². The average Bonchev–Trinajstić information content (AvgIpc) is 3.41. The topological polar surface area (TPSA) is 0 Å². The number of benzene rings is 3. The van der Waals surface area contributed by atoms with Crippen LogP contribution >= 0.6 is 0 Å². The first-order valence-corrected chi connectivity index (χ1v) is 13.2. The van der Waals surface area contributed by atoms with Crippen LogP contribution in [-0.4, -0.2) is 0 Å². The van der Waals surface area contributed by atoms with E-state index in [1.165, 1.54) is 60.5 Å². The van der Waals surface area contributed by atoms with Crippen molar-refractivity contribution in [2.45, 2.75) is 72.1 Å². The molecule has 0 fully saturated rings. The number of hydrogen-bond acceptors (Lipinski definition) is 0. The first-order chi connectivity index (χ1) is 17.0. The van der Waals surface area contributed by atoms with E-state index in [4.69, 9.17) is 0 Å². The maximum atomic E-state index is 2.46. The zero-order chi connectivity index (χ0) is 25.8. The zero-order valence-corrected chi connectivity index (χ0v) is 29.5. The van der Waals surface area contributed by atoms with Gasteiger partial charge in [0.1, 0.15) is 0 Å². The Morgan fingerprint density at radius 2 is 1.56 bits per heavy atom. The summed E-state index contributed by atoms with van der Waals surface area (Å²) in [5.74, 6) is 0.253. The number of rotatable bonds is 4. The summed E-state index contributed by atoms with van der Waals surface area (Å²) in [5.41, 5.74) is 9.70. The van der Waals surface area contributed by atoms with Crippen LogP contribution in [0.4, 0.5) is 0 Å². The van der Waals surface area contributed by atoms with Crippen molar-refractivity contribution in [2.75, 3.05) is 0 Å². The predicted molar refractivity (Wildman–Crippen MR) is 159 cm³/mol. The Balaban J connectivity index is 0.00000178. The van der Waals surface area contributed by atoms with E-state index in [2.05, 4.69) is 140 Å². The quantitative estimate of drug-likeness (QED) is 0.168. The Morgan fingerprint density at radius 3 is 2.21 bits per heavy atom. The van der Waals surface area contributed by atoms with E-state index in [1.54, 1.807) is 0 Å². The van der Waals surface area contributed by atoms with Crippen LogP contribution in [0.15, 0.2) is 90.5 Å². The molecule has 0 amide bonds. The predicted octanol–water partition coefficient (Wildman–Crippen LogP) is 4.30. The molecule has 204 valence electrons. The van der Waals surface area contributed by atoms with Gasteiger partial charge in [-0.2, -0.15) is 0 Å². The van der Waals surface area contributed by atoms with Crippen molar-refractivity contribution in [3.8, 4) is 0 Å². The summed E-state index contributed by atoms with van der Waals surface area (Å²) in [7, 11) is 0. The maximum absolute atomic E-state index is 2.46. The van der Waals surface area contributed by atoms with Crippen molar-refractivity contribution >= 4 is 27.1 Å². The van der Waals surface area contributed by atoms with Crippen LogP contribution in [0.25, 0.3) is 27.1 Å². The summed E-state index contributed by atoms with van der Waals surface area (Å²) >= 11 is 0. The van der Waals surface area contributed by atoms with E-state index in [9.17, 15) is 0 Å². The first kappa shape index (κ1) is 33.4. The fourth-order valence-electron chi connectivity index (χ4n) is 6.13. The molecule has 1 aliphatic carbocycles. The molecule has 0 saturated carbocycles. The average molecular weight is 721 g/mol. The SMILES string of the molecule is CC(C)=CC(C)(C)c1ccc2c(c1)[cH-]c1c(C3C=CC=C3c3cccc(C)c3)c(C(C)(C)C)ccc12.[Cl-].[Cl-].[Hf]. The zero-order valence-electron chi connectivity index (χ0n) is 24.4. The summed E-state index contributed by atoms with van der Waals surface area (Å²) in [5, 5.41) is 5.45. The molecule has 0 spiro atoms. The normalized spacial score (nSPS) is 14.9. The Kier molecular flexibility index (Phi) is 10.6. The van der Waals surface area contributed by atoms with E-state index >= 15 is 0 Å². The largest absolute Gasteiger partial charge is 1.00 e. The molecule has 0 nitrogen and oxygen atoms in total. The molecule has 4 aromatic carbocycles. The van der Waals surface area contributed by atoms with E-state index < -0.39 is 0 Å². The third-order valence-electron chi connectivity index (χ3n) is 7.71. The molecule has 3 heteroatoms. The van der Waals surface area contributed by atoms with E-state index in [-0.39, 0.29) is 67.4 Å². The summed E-state index contributed by atoms with van der Waals surface area (Å²) in [6, 6.07) is 23.2. The molecule has 0 aliphatic heterocycles. The molecule has 5 rings (SSSR count). The van der Waals surface area contributed by atoms with Gasteiger partial charge in [0.25, 0.3) is 0 Å². The van der Waals surface area contributed by atoms with Gasteiger partial charge in [0.2, 0.25) is 0 Å². The number of halogens is 2. The monoisotopic (exact) mass is 721 g/mol. The maximum Gasteiger partial charge on any atom is 0.00147 e. The number of hydrogen-bond donors (Lipinski definition) is 0. The molecule has 39 heavy (non-hydrogen) atoms. The second-order valence-electron chi connectivity index (χ2n) is 12.5. The smallest absolute Gasteiger partial charge is 0.00147 e. The molecule has 1 atom stereocenters. The minimum Gasteiger partial charge on any atom is -1.00 e. The summed E-state index contributed by atoms with van der Waals surface area (Å²) in [6.45, 7) is 18.2. The van der Waals surface area contributed by atoms with Crippen LogP contribution in [0.5, 0.6) is 0 Å². The summed E-state index contributed by atoms with van der Waals surface area (Å²) in [6.07, 6.45) is 9.33. The van der Waals surface area contributed by atoms with Crippen LogP contribution < -0.4 is 24.8 Å². The second kappa shape index (κ2) is 12.4. The molecule has 0 heterocycles. The van der Waals surface area contributed by atoms with Crippen molar-refractivity contribution < 1.29 is 50.7 Å². The fraction of sp³-hybridized carbons (Fsp3) is 0.306. The van der Waals surface area contributed by atoms with Gasteiger partial charge in [0.15, 0.2) is 0 Å². The van der Waals surface area contributed by atoms with Crippen molar-refractivity contribution in [3.05, 3.63) is 118 Å². The molecule has 4 aromatic rings. The Bertz CT molecular complexity index is 1570. The molecule has 0 bridgehead atoms. The van der Waals surface area contributed by atoms with Gasteiger partial charge < -0.3 is 24.8 Å². The Hall–Kier alpha value is -1.80. The molecule has 1 aliphatic rings. The molecule has 0 aromatic heterocycles. The minimum absolute atomic E-state index is 0. The Morgan fingerprint density at radius 1 is 0.872 bits per heavy atom. The molecular weight excluding hydrogens is 682 g/mol. The van der Waals surface area contributed by atoms with Crippen molar-refractivity contribution in [1.82, 2.24) is 0 Å². The van der Waals surface area contributed by atoms with Gasteiger partial charge in [-0.05, 0) is 37.3 Å². The van der Waals surface area contributed by atoms with E-state index in [0.717, 1.165) is 0 Å². The van der Waals surface area contributed by atoms with Gasteiger partial charge in [-0.25, -0.2) is 0 Å². The minimum atomic E-state index is 0. The van der Waals surface area contributed by atoms with Gasteiger partial charge >= 0.3 is 0 Å². The number of allylic oxidation sites excluding steroid dienone is 6. The third-order valence-corrected chi connectivity index (χ3v) is 7.71. The first-order valence-electron chi connectivity index (χ1n) is 13.2. The van der Waals surface area contributed by atoms with Crippen molar-refractivity contribution in [3.63, 3.8) is 0 Å². The van der Waals surface area contributed by atoms with Crippen molar-refractivity contribution in [1.29, 1.82) is 0 Å². The molecule has 0 saturated heterocycles. The van der Waals surface area contributed by atoms with Crippen LogP contribution in [0.2, 0.25) is 0 Å². The standard InChI is InChI=1S/C36H39.2ClH.Hf/c1-23(2)22-36(7,8)27-15-16-29-26(20-27)21-32-30(29)17-18-33(35(4,5)6)34(32)31-14-10-13-28(31)25-12-9-11-24(3)19-25;;;/h9-22,31H,1-8H3;2*1H;/q-1;;;/p-2. The van der Waals surface area contributed by atoms with Crippen LogP contribution in [0.1, 0.15) is 82.2 Å². The van der Waals surface area contributed by atoms with Gasteiger partial charge in [-0.3, -0.25) is 0 Å². The molecular formula is C36H39Cl2Hf-3. The molecule has 1 unspecified atom stereocenters. The number of aryl methyl sites for hydroxylation is 1. The number of fused-ring (bicyclic) bond motifs is 3. The van der Waals surface area contributed by atoms with Gasteiger partial charge in [-0.1, -0.05) is 135 Å². The van der Waals surface area contributed by atoms with Crippen LogP contribution in [0, 0.1) is 6.92 Å². The fourth-order valence-corrected chi connectivity index (χ4v) is 6.13. The van der Waals surface area contributed by atoms with Crippen LogP contribution in [-0.2, 0) is 36.7 Å². The van der Waals surface area contributed by atoms with Crippen LogP contribution in [0.3, 0.4) is 0 Å². The van der Waals surface area contributed by atoms with Gasteiger partial charge in [0, 0.05) is 37.2 Å². The van der Waals surface area contributed by atoms with E-state index in [0.29, 0.717) is 0 Å². The second-order valence-corrected chi connectivity index (χ2v) is 12.5. The van der Waals surface area contributed by atoms with Crippen molar-refractivity contribution in [2.24, 2.45) is 0 Å². The van der Waals surface area contributed by atoms with E-state index in [1.807, 2.05) is 0 Å². The summed E-state index contributed by atoms with van der Waals surface area (Å²) in [4.78, 5) is 0.